The van der Waals surface area contributed by atoms with Gasteiger partial charge >= 0.3 is 6.09 Å². The van der Waals surface area contributed by atoms with Gasteiger partial charge in [-0.2, -0.15) is 5.10 Å². The number of hydrogen-bond donors (Lipinski definition) is 1. The fourth-order valence-corrected chi connectivity index (χ4v) is 2.75. The second kappa shape index (κ2) is 6.56. The second-order valence-electron chi connectivity index (χ2n) is 5.85. The zero-order valence-electron chi connectivity index (χ0n) is 13.7. The van der Waals surface area contributed by atoms with Crippen molar-refractivity contribution >= 4 is 11.8 Å². The maximum absolute atomic E-state index is 14.6. The van der Waals surface area contributed by atoms with Gasteiger partial charge in [0.05, 0.1) is 25.0 Å². The molecule has 1 amide bonds. The topological polar surface area (TPSA) is 104 Å². The highest BCUT2D eigenvalue weighted by Gasteiger charge is 2.31. The fourth-order valence-electron chi connectivity index (χ4n) is 2.75. The van der Waals surface area contributed by atoms with E-state index in [-0.39, 0.29) is 18.3 Å². The molecule has 9 nitrogen and oxygen atoms in total. The highest BCUT2D eigenvalue weighted by molar-refractivity contribution is 5.89. The Morgan fingerprint density at radius 3 is 2.96 bits per heavy atom. The van der Waals surface area contributed by atoms with Gasteiger partial charge in [-0.05, 0) is 24.3 Å². The summed E-state index contributed by atoms with van der Waals surface area (Å²) in [5, 5.41) is 12.1. The maximum atomic E-state index is 14.6. The number of benzene rings is 1. The number of cyclic esters (lactones) is 1. The van der Waals surface area contributed by atoms with E-state index in [9.17, 15) is 9.18 Å². The van der Waals surface area contributed by atoms with Gasteiger partial charge in [-0.1, -0.05) is 5.21 Å². The molecule has 0 aliphatic carbocycles. The lowest BCUT2D eigenvalue weighted by Crippen LogP contribution is -2.27. The van der Waals surface area contributed by atoms with Gasteiger partial charge in [0.25, 0.3) is 0 Å². The quantitative estimate of drug-likeness (QED) is 0.729. The maximum Gasteiger partial charge on any atom is 0.414 e. The number of halogens is 1. The first kappa shape index (κ1) is 16.2. The number of carbonyl (C=O) groups is 1. The van der Waals surface area contributed by atoms with Gasteiger partial charge in [-0.25, -0.2) is 13.9 Å². The zero-order chi connectivity index (χ0) is 18.1. The highest BCUT2D eigenvalue weighted by atomic mass is 19.1. The van der Waals surface area contributed by atoms with Crippen molar-refractivity contribution in [3.8, 4) is 5.69 Å². The molecular formula is C16H16FN7O2. The van der Waals surface area contributed by atoms with E-state index in [0.29, 0.717) is 24.5 Å². The molecule has 4 rings (SSSR count). The Bertz CT molecular complexity index is 925. The molecule has 1 atom stereocenters. The summed E-state index contributed by atoms with van der Waals surface area (Å²) in [7, 11) is 0. The van der Waals surface area contributed by atoms with Gasteiger partial charge in [-0.3, -0.25) is 9.58 Å². The third-order valence-corrected chi connectivity index (χ3v) is 4.05. The molecule has 0 radical (unpaired) electrons. The van der Waals surface area contributed by atoms with E-state index < -0.39 is 11.9 Å². The van der Waals surface area contributed by atoms with E-state index in [0.717, 1.165) is 0 Å². The molecule has 134 valence electrons. The summed E-state index contributed by atoms with van der Waals surface area (Å²) in [6.07, 6.45) is 4.19. The number of anilines is 1. The molecule has 1 aromatic carbocycles. The van der Waals surface area contributed by atoms with Crippen molar-refractivity contribution in [2.45, 2.75) is 12.6 Å². The summed E-state index contributed by atoms with van der Waals surface area (Å²) in [5.41, 5.74) is 6.80. The molecule has 2 aromatic heterocycles. The van der Waals surface area contributed by atoms with Crippen molar-refractivity contribution in [2.24, 2.45) is 5.73 Å². The Morgan fingerprint density at radius 1 is 1.38 bits per heavy atom. The molecule has 2 N–H and O–H groups in total. The fraction of sp³-hybridized carbons (Fsp3) is 0.250. The minimum Gasteiger partial charge on any atom is -0.443 e. The summed E-state index contributed by atoms with van der Waals surface area (Å²) in [6, 6.07) is 6.25. The van der Waals surface area contributed by atoms with Crippen LogP contribution in [0.3, 0.4) is 0 Å². The number of rotatable bonds is 5. The number of nitrogens with zero attached hydrogens (tertiary/aromatic N) is 6. The van der Waals surface area contributed by atoms with Crippen LogP contribution in [0.2, 0.25) is 0 Å². The SMILES string of the molecule is NCC1CN(c2ccc(-n3cc(Cn4cccn4)nn3)c(F)c2)C(=O)O1. The normalized spacial score (nSPS) is 16.9. The first-order valence-corrected chi connectivity index (χ1v) is 8.01. The Hall–Kier alpha value is -3.27. The van der Waals surface area contributed by atoms with E-state index in [1.165, 1.54) is 15.6 Å². The zero-order valence-corrected chi connectivity index (χ0v) is 13.7. The van der Waals surface area contributed by atoms with Crippen LogP contribution in [0.1, 0.15) is 5.69 Å². The van der Waals surface area contributed by atoms with Crippen molar-refractivity contribution in [2.75, 3.05) is 18.0 Å². The van der Waals surface area contributed by atoms with Gasteiger partial charge in [0.15, 0.2) is 5.82 Å². The van der Waals surface area contributed by atoms with E-state index in [1.807, 2.05) is 0 Å². The minimum atomic E-state index is -0.533. The van der Waals surface area contributed by atoms with Crippen molar-refractivity contribution < 1.29 is 13.9 Å². The third-order valence-electron chi connectivity index (χ3n) is 4.05. The van der Waals surface area contributed by atoms with Crippen LogP contribution in [-0.2, 0) is 11.3 Å². The number of aromatic nitrogens is 5. The molecule has 0 spiro atoms. The Morgan fingerprint density at radius 2 is 2.27 bits per heavy atom. The first-order chi connectivity index (χ1) is 12.6. The van der Waals surface area contributed by atoms with Gasteiger partial charge in [0, 0.05) is 18.9 Å². The monoisotopic (exact) mass is 357 g/mol. The van der Waals surface area contributed by atoms with Crippen molar-refractivity contribution in [1.29, 1.82) is 0 Å². The van der Waals surface area contributed by atoms with Crippen LogP contribution in [-0.4, -0.2) is 50.1 Å². The van der Waals surface area contributed by atoms with Crippen LogP contribution in [0, 0.1) is 5.82 Å². The van der Waals surface area contributed by atoms with E-state index in [4.69, 9.17) is 10.5 Å². The molecule has 3 heterocycles. The lowest BCUT2D eigenvalue weighted by molar-refractivity contribution is 0.145. The molecule has 0 bridgehead atoms. The molecule has 1 fully saturated rings. The van der Waals surface area contributed by atoms with Gasteiger partial charge in [-0.15, -0.1) is 5.10 Å². The van der Waals surface area contributed by atoms with Crippen LogP contribution in [0.25, 0.3) is 5.69 Å². The van der Waals surface area contributed by atoms with Crippen molar-refractivity contribution in [3.05, 3.63) is 54.4 Å². The standard InChI is InChI=1S/C16H16FN7O2/c17-14-6-12(23-10-13(7-18)26-16(23)25)2-3-15(14)24-9-11(20-21-24)8-22-5-1-4-19-22/h1-6,9,13H,7-8,10,18H2. The van der Waals surface area contributed by atoms with E-state index in [1.54, 1.807) is 41.5 Å². The van der Waals surface area contributed by atoms with Crippen LogP contribution < -0.4 is 10.6 Å². The number of amides is 1. The Labute approximate surface area is 147 Å². The van der Waals surface area contributed by atoms with Crippen LogP contribution in [0.15, 0.2) is 42.9 Å². The highest BCUT2D eigenvalue weighted by Crippen LogP contribution is 2.25. The molecule has 1 saturated heterocycles. The molecule has 1 aliphatic heterocycles. The Kier molecular flexibility index (Phi) is 4.09. The molecule has 26 heavy (non-hydrogen) atoms. The third kappa shape index (κ3) is 3.02. The van der Waals surface area contributed by atoms with E-state index in [2.05, 4.69) is 15.4 Å². The van der Waals surface area contributed by atoms with E-state index >= 15 is 0 Å². The predicted octanol–water partition coefficient (Wildman–Crippen LogP) is 0.935. The average Bonchev–Trinajstić information content (AvgIpc) is 3.36. The number of nitrogens with two attached hydrogens (primary N) is 1. The van der Waals surface area contributed by atoms with Gasteiger partial charge < -0.3 is 10.5 Å². The minimum absolute atomic E-state index is 0.223. The first-order valence-electron chi connectivity index (χ1n) is 8.01. The lowest BCUT2D eigenvalue weighted by Gasteiger charge is -2.14. The summed E-state index contributed by atoms with van der Waals surface area (Å²) in [5.74, 6) is -0.526. The lowest BCUT2D eigenvalue weighted by atomic mass is 10.2. The van der Waals surface area contributed by atoms with Gasteiger partial charge in [0.2, 0.25) is 0 Å². The molecule has 1 unspecified atom stereocenters. The van der Waals surface area contributed by atoms with Crippen LogP contribution >= 0.6 is 0 Å². The second-order valence-corrected chi connectivity index (χ2v) is 5.85. The number of hydrogen-bond acceptors (Lipinski definition) is 6. The number of carbonyl (C=O) groups excluding carboxylic acids is 1. The molecule has 0 saturated carbocycles. The van der Waals surface area contributed by atoms with Gasteiger partial charge in [0.1, 0.15) is 17.5 Å². The van der Waals surface area contributed by atoms with Crippen molar-refractivity contribution in [3.63, 3.8) is 0 Å². The Balaban J connectivity index is 1.55. The van der Waals surface area contributed by atoms with Crippen LogP contribution in [0.5, 0.6) is 0 Å². The summed E-state index contributed by atoms with van der Waals surface area (Å²) >= 11 is 0. The summed E-state index contributed by atoms with van der Waals surface area (Å²) in [4.78, 5) is 13.2. The molecule has 1 aliphatic rings. The number of ether oxygens (including phenoxy) is 1. The smallest absolute Gasteiger partial charge is 0.414 e. The molecular weight excluding hydrogens is 341 g/mol. The molecule has 3 aromatic rings. The largest absolute Gasteiger partial charge is 0.443 e. The average molecular weight is 357 g/mol. The molecule has 10 heteroatoms. The van der Waals surface area contributed by atoms with Crippen LogP contribution in [0.4, 0.5) is 14.9 Å². The van der Waals surface area contributed by atoms with Crippen molar-refractivity contribution in [1.82, 2.24) is 24.8 Å². The summed E-state index contributed by atoms with van der Waals surface area (Å²) in [6.45, 7) is 0.957. The predicted molar refractivity (Wildman–Crippen MR) is 89.3 cm³/mol. The summed E-state index contributed by atoms with van der Waals surface area (Å²) < 4.78 is 22.7.